The quantitative estimate of drug-likeness (QED) is 0.763. The van der Waals surface area contributed by atoms with Crippen molar-refractivity contribution in [3.05, 3.63) is 0 Å². The molecule has 3 unspecified atom stereocenters. The van der Waals surface area contributed by atoms with Crippen molar-refractivity contribution in [1.82, 2.24) is 4.90 Å². The Hall–Kier alpha value is -0.120. The summed E-state index contributed by atoms with van der Waals surface area (Å²) in [5.41, 5.74) is 5.21. The van der Waals surface area contributed by atoms with E-state index in [4.69, 9.17) is 5.73 Å². The Bertz CT molecular complexity index is 216. The molecular formula is C13H28N2O. The highest BCUT2D eigenvalue weighted by Gasteiger charge is 2.32. The molecule has 0 aliphatic carbocycles. The Labute approximate surface area is 100 Å². The Morgan fingerprint density at radius 1 is 1.50 bits per heavy atom. The van der Waals surface area contributed by atoms with Gasteiger partial charge < -0.3 is 15.7 Å². The van der Waals surface area contributed by atoms with Crippen molar-refractivity contribution in [2.45, 2.75) is 39.7 Å². The van der Waals surface area contributed by atoms with Crippen LogP contribution in [0.2, 0.25) is 0 Å². The first-order valence-electron chi connectivity index (χ1n) is 6.51. The van der Waals surface area contributed by atoms with Crippen LogP contribution in [0.1, 0.15) is 34.1 Å². The van der Waals surface area contributed by atoms with E-state index in [1.54, 1.807) is 0 Å². The molecule has 0 spiro atoms. The lowest BCUT2D eigenvalue weighted by atomic mass is 9.85. The molecule has 0 aromatic carbocycles. The van der Waals surface area contributed by atoms with Gasteiger partial charge in [0, 0.05) is 13.1 Å². The normalized spacial score (nSPS) is 31.7. The van der Waals surface area contributed by atoms with Crippen LogP contribution in [0, 0.1) is 17.8 Å². The van der Waals surface area contributed by atoms with E-state index in [-0.39, 0.29) is 0 Å². The minimum atomic E-state index is -0.584. The summed E-state index contributed by atoms with van der Waals surface area (Å²) in [5, 5.41) is 10.3. The zero-order valence-corrected chi connectivity index (χ0v) is 11.2. The molecule has 3 heteroatoms. The van der Waals surface area contributed by atoms with Gasteiger partial charge >= 0.3 is 0 Å². The maximum absolute atomic E-state index is 10.3. The van der Waals surface area contributed by atoms with Crippen molar-refractivity contribution in [3.8, 4) is 0 Å². The van der Waals surface area contributed by atoms with Crippen molar-refractivity contribution >= 4 is 0 Å². The molecule has 0 amide bonds. The maximum Gasteiger partial charge on any atom is 0.0768 e. The van der Waals surface area contributed by atoms with Gasteiger partial charge in [-0.3, -0.25) is 0 Å². The first-order chi connectivity index (χ1) is 7.36. The van der Waals surface area contributed by atoms with Crippen molar-refractivity contribution in [2.24, 2.45) is 23.5 Å². The van der Waals surface area contributed by atoms with Crippen molar-refractivity contribution in [1.29, 1.82) is 0 Å². The van der Waals surface area contributed by atoms with E-state index in [0.29, 0.717) is 11.8 Å². The predicted molar refractivity (Wildman–Crippen MR) is 68.2 cm³/mol. The van der Waals surface area contributed by atoms with Crippen LogP contribution in [0.25, 0.3) is 0 Å². The minimum Gasteiger partial charge on any atom is -0.389 e. The van der Waals surface area contributed by atoms with E-state index in [2.05, 4.69) is 25.7 Å². The Balaban J connectivity index is 2.50. The second-order valence-electron chi connectivity index (χ2n) is 6.01. The third-order valence-corrected chi connectivity index (χ3v) is 4.29. The predicted octanol–water partition coefficient (Wildman–Crippen LogP) is 1.31. The van der Waals surface area contributed by atoms with Crippen LogP contribution >= 0.6 is 0 Å². The summed E-state index contributed by atoms with van der Waals surface area (Å²) in [7, 11) is 0. The molecule has 0 aromatic heterocycles. The van der Waals surface area contributed by atoms with Gasteiger partial charge in [0.15, 0.2) is 0 Å². The fraction of sp³-hybridized carbons (Fsp3) is 1.00. The summed E-state index contributed by atoms with van der Waals surface area (Å²) in [6, 6.07) is 0. The van der Waals surface area contributed by atoms with Gasteiger partial charge in [0.25, 0.3) is 0 Å². The zero-order chi connectivity index (χ0) is 12.3. The van der Waals surface area contributed by atoms with Crippen molar-refractivity contribution < 1.29 is 5.11 Å². The number of rotatable bonds is 4. The number of likely N-dealkylation sites (tertiary alicyclic amines) is 1. The van der Waals surface area contributed by atoms with E-state index in [1.165, 1.54) is 6.42 Å². The van der Waals surface area contributed by atoms with Gasteiger partial charge in [0.05, 0.1) is 5.60 Å². The topological polar surface area (TPSA) is 49.5 Å². The summed E-state index contributed by atoms with van der Waals surface area (Å²) in [5.74, 6) is 1.62. The third kappa shape index (κ3) is 3.44. The number of hydrogen-bond donors (Lipinski definition) is 2. The van der Waals surface area contributed by atoms with Crippen molar-refractivity contribution in [3.63, 3.8) is 0 Å². The van der Waals surface area contributed by atoms with Gasteiger partial charge in [-0.15, -0.1) is 0 Å². The molecule has 0 saturated carbocycles. The molecule has 1 aliphatic heterocycles. The second-order valence-corrected chi connectivity index (χ2v) is 6.01. The van der Waals surface area contributed by atoms with Crippen LogP contribution < -0.4 is 5.73 Å². The Morgan fingerprint density at radius 2 is 2.12 bits per heavy atom. The Morgan fingerprint density at radius 3 is 2.62 bits per heavy atom. The van der Waals surface area contributed by atoms with Crippen LogP contribution in [0.4, 0.5) is 0 Å². The molecular weight excluding hydrogens is 200 g/mol. The number of β-amino-alcohol motifs (C(OH)–C–C–N with tert-alkyl or cyclic N) is 1. The number of nitrogens with two attached hydrogens (primary N) is 1. The zero-order valence-electron chi connectivity index (χ0n) is 11.2. The molecule has 3 N–H and O–H groups in total. The van der Waals surface area contributed by atoms with E-state index in [9.17, 15) is 5.11 Å². The van der Waals surface area contributed by atoms with E-state index in [0.717, 1.165) is 32.1 Å². The summed E-state index contributed by atoms with van der Waals surface area (Å²) in [6.07, 6.45) is 1.20. The molecule has 1 rings (SSSR count). The standard InChI is InChI=1S/C13H28N2O/c1-10(2)13(4,16)9-15-6-5-11(3)12(7-14)8-15/h10-12,16H,5-9,14H2,1-4H3. The van der Waals surface area contributed by atoms with Gasteiger partial charge in [0.2, 0.25) is 0 Å². The van der Waals surface area contributed by atoms with Crippen LogP contribution in [0.3, 0.4) is 0 Å². The van der Waals surface area contributed by atoms with Gasteiger partial charge in [-0.25, -0.2) is 0 Å². The van der Waals surface area contributed by atoms with Gasteiger partial charge in [0.1, 0.15) is 0 Å². The highest BCUT2D eigenvalue weighted by Crippen LogP contribution is 2.25. The summed E-state index contributed by atoms with van der Waals surface area (Å²) in [6.45, 7) is 12.1. The Kier molecular flexibility index (Phi) is 4.77. The lowest BCUT2D eigenvalue weighted by molar-refractivity contribution is -0.0320. The van der Waals surface area contributed by atoms with E-state index >= 15 is 0 Å². The molecule has 16 heavy (non-hydrogen) atoms. The van der Waals surface area contributed by atoms with Crippen LogP contribution in [-0.4, -0.2) is 41.8 Å². The molecule has 1 aliphatic rings. The van der Waals surface area contributed by atoms with Gasteiger partial charge in [-0.1, -0.05) is 20.8 Å². The molecule has 0 aromatic rings. The van der Waals surface area contributed by atoms with Crippen molar-refractivity contribution in [2.75, 3.05) is 26.2 Å². The van der Waals surface area contributed by atoms with E-state index < -0.39 is 5.60 Å². The first kappa shape index (κ1) is 13.9. The third-order valence-electron chi connectivity index (χ3n) is 4.29. The van der Waals surface area contributed by atoms with Gasteiger partial charge in [-0.2, -0.15) is 0 Å². The fourth-order valence-corrected chi connectivity index (χ4v) is 2.31. The number of aliphatic hydroxyl groups is 1. The first-order valence-corrected chi connectivity index (χ1v) is 6.51. The minimum absolute atomic E-state index is 0.295. The molecule has 96 valence electrons. The van der Waals surface area contributed by atoms with Gasteiger partial charge in [-0.05, 0) is 44.2 Å². The monoisotopic (exact) mass is 228 g/mol. The molecule has 0 bridgehead atoms. The largest absolute Gasteiger partial charge is 0.389 e. The van der Waals surface area contributed by atoms with Crippen LogP contribution in [0.5, 0.6) is 0 Å². The number of piperidine rings is 1. The lowest BCUT2D eigenvalue weighted by Gasteiger charge is -2.41. The van der Waals surface area contributed by atoms with Crippen LogP contribution in [-0.2, 0) is 0 Å². The molecule has 1 fully saturated rings. The average Bonchev–Trinajstić information content (AvgIpc) is 2.20. The molecule has 1 heterocycles. The number of nitrogens with zero attached hydrogens (tertiary/aromatic N) is 1. The lowest BCUT2D eigenvalue weighted by Crippen LogP contribution is -2.50. The SMILES string of the molecule is CC1CCN(CC(C)(O)C(C)C)CC1CN. The smallest absolute Gasteiger partial charge is 0.0768 e. The highest BCUT2D eigenvalue weighted by atomic mass is 16.3. The van der Waals surface area contributed by atoms with E-state index in [1.807, 2.05) is 6.92 Å². The molecule has 1 saturated heterocycles. The molecule has 3 atom stereocenters. The number of hydrogen-bond acceptors (Lipinski definition) is 3. The van der Waals surface area contributed by atoms with Crippen LogP contribution in [0.15, 0.2) is 0 Å². The summed E-state index contributed by atoms with van der Waals surface area (Å²) in [4.78, 5) is 2.37. The second kappa shape index (κ2) is 5.48. The molecule has 0 radical (unpaired) electrons. The fourth-order valence-electron chi connectivity index (χ4n) is 2.31. The average molecular weight is 228 g/mol. The highest BCUT2D eigenvalue weighted by molar-refractivity contribution is 4.85. The molecule has 3 nitrogen and oxygen atoms in total. The summed E-state index contributed by atoms with van der Waals surface area (Å²) >= 11 is 0. The maximum atomic E-state index is 10.3. The summed E-state index contributed by atoms with van der Waals surface area (Å²) < 4.78 is 0.